The Labute approximate surface area is 158 Å². The molecule has 0 bridgehead atoms. The third-order valence-electron chi connectivity index (χ3n) is 4.78. The average Bonchev–Trinajstić information content (AvgIpc) is 2.63. The first-order valence-electron chi connectivity index (χ1n) is 8.95. The summed E-state index contributed by atoms with van der Waals surface area (Å²) >= 11 is 0. The van der Waals surface area contributed by atoms with Crippen molar-refractivity contribution in [2.45, 2.75) is 26.1 Å². The van der Waals surface area contributed by atoms with Crippen LogP contribution in [0.25, 0.3) is 0 Å². The van der Waals surface area contributed by atoms with E-state index in [0.717, 1.165) is 23.2 Å². The van der Waals surface area contributed by atoms with Crippen molar-refractivity contribution < 1.29 is 18.3 Å². The quantitative estimate of drug-likeness (QED) is 0.534. The summed E-state index contributed by atoms with van der Waals surface area (Å²) in [5.41, 5.74) is 2.11. The van der Waals surface area contributed by atoms with Gasteiger partial charge in [0.15, 0.2) is 0 Å². The van der Waals surface area contributed by atoms with Gasteiger partial charge in [-0.05, 0) is 54.8 Å². The molecule has 0 radical (unpaired) electrons. The second-order valence-corrected chi connectivity index (χ2v) is 6.84. The van der Waals surface area contributed by atoms with Crippen molar-refractivity contribution in [1.82, 2.24) is 4.90 Å². The Morgan fingerprint density at radius 1 is 1.22 bits per heavy atom. The fourth-order valence-corrected chi connectivity index (χ4v) is 2.90. The second kappa shape index (κ2) is 8.15. The topological polar surface area (TPSA) is 34.1 Å². The number of benzene rings is 2. The van der Waals surface area contributed by atoms with E-state index in [0.29, 0.717) is 25.5 Å². The molecule has 1 aliphatic heterocycles. The molecule has 2 aromatic carbocycles. The fraction of sp³-hybridized carbons (Fsp3) is 0.381. The molecule has 6 heteroatoms. The molecule has 2 aromatic rings. The van der Waals surface area contributed by atoms with E-state index in [4.69, 9.17) is 9.47 Å². The minimum Gasteiger partial charge on any atom is -0.375 e. The highest BCUT2D eigenvalue weighted by Gasteiger charge is 2.43. The average molecular weight is 374 g/mol. The van der Waals surface area contributed by atoms with E-state index in [1.165, 1.54) is 18.2 Å². The third-order valence-corrected chi connectivity index (χ3v) is 4.78. The first-order valence-corrected chi connectivity index (χ1v) is 8.95. The Morgan fingerprint density at radius 2 is 1.93 bits per heavy atom. The van der Waals surface area contributed by atoms with Gasteiger partial charge in [-0.1, -0.05) is 12.1 Å². The zero-order valence-corrected chi connectivity index (χ0v) is 15.8. The zero-order valence-electron chi connectivity index (χ0n) is 15.8. The van der Waals surface area contributed by atoms with E-state index in [2.05, 4.69) is 4.99 Å². The summed E-state index contributed by atoms with van der Waals surface area (Å²) in [6.07, 6.45) is 1.62. The lowest BCUT2D eigenvalue weighted by Gasteiger charge is -2.42. The molecule has 1 fully saturated rings. The molecular formula is C21H24F2N2O2. The molecular weight excluding hydrogens is 350 g/mol. The van der Waals surface area contributed by atoms with Crippen LogP contribution in [0.1, 0.15) is 23.6 Å². The Balaban J connectivity index is 1.81. The fourth-order valence-electron chi connectivity index (χ4n) is 2.90. The van der Waals surface area contributed by atoms with E-state index < -0.39 is 11.4 Å². The zero-order chi connectivity index (χ0) is 19.4. The van der Waals surface area contributed by atoms with Crippen LogP contribution >= 0.6 is 0 Å². The van der Waals surface area contributed by atoms with Gasteiger partial charge in [0.1, 0.15) is 22.9 Å². The van der Waals surface area contributed by atoms with Crippen molar-refractivity contribution in [3.63, 3.8) is 0 Å². The lowest BCUT2D eigenvalue weighted by molar-refractivity contribution is -0.223. The molecule has 0 saturated carbocycles. The highest BCUT2D eigenvalue weighted by Crippen LogP contribution is 2.38. The van der Waals surface area contributed by atoms with Gasteiger partial charge in [0.25, 0.3) is 0 Å². The van der Waals surface area contributed by atoms with Crippen molar-refractivity contribution in [3.8, 4) is 0 Å². The second-order valence-electron chi connectivity index (χ2n) is 6.84. The summed E-state index contributed by atoms with van der Waals surface area (Å²) in [5, 5.41) is 0. The SMILES string of the molecule is CCN(C)C=Nc1cc(C)c(C2(OCc3ccc(F)cc3)COC2)cc1F. The molecule has 3 rings (SSSR count). The van der Waals surface area contributed by atoms with Gasteiger partial charge in [0.2, 0.25) is 0 Å². The smallest absolute Gasteiger partial charge is 0.149 e. The predicted molar refractivity (Wildman–Crippen MR) is 101 cm³/mol. The van der Waals surface area contributed by atoms with Gasteiger partial charge in [0.05, 0.1) is 26.2 Å². The monoisotopic (exact) mass is 374 g/mol. The van der Waals surface area contributed by atoms with E-state index in [9.17, 15) is 8.78 Å². The summed E-state index contributed by atoms with van der Waals surface area (Å²) in [6.45, 7) is 5.71. The third kappa shape index (κ3) is 4.34. The summed E-state index contributed by atoms with van der Waals surface area (Å²) < 4.78 is 39.2. The van der Waals surface area contributed by atoms with Gasteiger partial charge in [-0.2, -0.15) is 0 Å². The standard InChI is InChI=1S/C21H24F2N2O2/c1-4-25(3)14-24-20-9-15(2)18(10-19(20)23)21(12-26-13-21)27-11-16-5-7-17(22)8-6-16/h5-10,14H,4,11-13H2,1-3H3. The predicted octanol–water partition coefficient (Wildman–Crippen LogP) is 4.33. The molecule has 144 valence electrons. The highest BCUT2D eigenvalue weighted by molar-refractivity contribution is 5.62. The molecule has 1 aliphatic rings. The van der Waals surface area contributed by atoms with E-state index >= 15 is 0 Å². The van der Waals surface area contributed by atoms with Gasteiger partial charge in [0, 0.05) is 13.6 Å². The first-order chi connectivity index (χ1) is 12.9. The van der Waals surface area contributed by atoms with Crippen molar-refractivity contribution in [2.24, 2.45) is 4.99 Å². The van der Waals surface area contributed by atoms with E-state index in [-0.39, 0.29) is 5.82 Å². The first kappa shape index (κ1) is 19.5. The summed E-state index contributed by atoms with van der Waals surface area (Å²) in [5.74, 6) is -0.684. The van der Waals surface area contributed by atoms with Gasteiger partial charge in [-0.25, -0.2) is 13.8 Å². The van der Waals surface area contributed by atoms with Crippen molar-refractivity contribution in [2.75, 3.05) is 26.8 Å². The molecule has 0 aromatic heterocycles. The molecule has 0 atom stereocenters. The molecule has 0 aliphatic carbocycles. The Kier molecular flexibility index (Phi) is 5.87. The Morgan fingerprint density at radius 3 is 2.52 bits per heavy atom. The molecule has 0 amide bonds. The minimum absolute atomic E-state index is 0.289. The number of aliphatic imine (C=N–C) groups is 1. The molecule has 0 spiro atoms. The number of ether oxygens (including phenoxy) is 2. The molecule has 1 saturated heterocycles. The molecule has 0 N–H and O–H groups in total. The van der Waals surface area contributed by atoms with Crippen LogP contribution in [-0.2, 0) is 21.7 Å². The maximum atomic E-state index is 14.6. The van der Waals surface area contributed by atoms with Crippen LogP contribution in [0, 0.1) is 18.6 Å². The van der Waals surface area contributed by atoms with Crippen LogP contribution in [-0.4, -0.2) is 38.0 Å². The van der Waals surface area contributed by atoms with Crippen LogP contribution in [0.2, 0.25) is 0 Å². The molecule has 27 heavy (non-hydrogen) atoms. The van der Waals surface area contributed by atoms with Crippen LogP contribution in [0.3, 0.4) is 0 Å². The van der Waals surface area contributed by atoms with Crippen LogP contribution < -0.4 is 0 Å². The van der Waals surface area contributed by atoms with Gasteiger partial charge in [-0.15, -0.1) is 0 Å². The number of rotatable bonds is 7. The molecule has 0 unspecified atom stereocenters. The van der Waals surface area contributed by atoms with Crippen LogP contribution in [0.4, 0.5) is 14.5 Å². The summed E-state index contributed by atoms with van der Waals surface area (Å²) in [7, 11) is 1.88. The maximum absolute atomic E-state index is 14.6. The largest absolute Gasteiger partial charge is 0.375 e. The van der Waals surface area contributed by atoms with E-state index in [1.807, 2.05) is 25.8 Å². The van der Waals surface area contributed by atoms with Crippen molar-refractivity contribution in [1.29, 1.82) is 0 Å². The van der Waals surface area contributed by atoms with Gasteiger partial charge >= 0.3 is 0 Å². The number of nitrogens with zero attached hydrogens (tertiary/aromatic N) is 2. The number of aryl methyl sites for hydroxylation is 1. The lowest BCUT2D eigenvalue weighted by atomic mass is 9.87. The summed E-state index contributed by atoms with van der Waals surface area (Å²) in [4.78, 5) is 6.10. The van der Waals surface area contributed by atoms with Gasteiger partial charge < -0.3 is 14.4 Å². The van der Waals surface area contributed by atoms with Crippen LogP contribution in [0.15, 0.2) is 41.4 Å². The molecule has 4 nitrogen and oxygen atoms in total. The van der Waals surface area contributed by atoms with Gasteiger partial charge in [-0.3, -0.25) is 0 Å². The highest BCUT2D eigenvalue weighted by atomic mass is 19.1. The van der Waals surface area contributed by atoms with Crippen LogP contribution in [0.5, 0.6) is 0 Å². The molecule has 1 heterocycles. The maximum Gasteiger partial charge on any atom is 0.149 e. The normalized spacial score (nSPS) is 15.7. The van der Waals surface area contributed by atoms with Crippen molar-refractivity contribution >= 4 is 12.0 Å². The Bertz CT molecular complexity index is 818. The number of halogens is 2. The number of hydrogen-bond acceptors (Lipinski definition) is 3. The number of hydrogen-bond donors (Lipinski definition) is 0. The summed E-state index contributed by atoms with van der Waals surface area (Å²) in [6, 6.07) is 9.37. The van der Waals surface area contributed by atoms with E-state index in [1.54, 1.807) is 24.5 Å². The minimum atomic E-state index is -0.693. The Hall–Kier alpha value is -2.31. The van der Waals surface area contributed by atoms with Crippen molar-refractivity contribution in [3.05, 3.63) is 64.7 Å². The lowest BCUT2D eigenvalue weighted by Crippen LogP contribution is -2.49.